The number of para-hydroxylation sites is 1. The van der Waals surface area contributed by atoms with Gasteiger partial charge in [0.2, 0.25) is 0 Å². The average molecular weight is 280 g/mol. The molecule has 5 nitrogen and oxygen atoms in total. The second kappa shape index (κ2) is 5.42. The summed E-state index contributed by atoms with van der Waals surface area (Å²) in [5, 5.41) is 16.5. The number of rotatable bonds is 3. The van der Waals surface area contributed by atoms with Crippen LogP contribution in [0.3, 0.4) is 0 Å². The van der Waals surface area contributed by atoms with Gasteiger partial charge in [-0.2, -0.15) is 0 Å². The first kappa shape index (κ1) is 13.6. The van der Waals surface area contributed by atoms with Crippen LogP contribution >= 0.6 is 11.6 Å². The van der Waals surface area contributed by atoms with Gasteiger partial charge in [0.1, 0.15) is 6.10 Å². The van der Waals surface area contributed by atoms with Crippen molar-refractivity contribution in [3.8, 4) is 5.69 Å². The van der Waals surface area contributed by atoms with E-state index in [4.69, 9.17) is 11.6 Å². The van der Waals surface area contributed by atoms with Crippen LogP contribution in [0.1, 0.15) is 12.5 Å². The molecule has 0 radical (unpaired) electrons. The summed E-state index contributed by atoms with van der Waals surface area (Å²) in [7, 11) is 0. The highest BCUT2D eigenvalue weighted by Gasteiger charge is 2.14. The Balaban J connectivity index is 2.32. The van der Waals surface area contributed by atoms with Crippen molar-refractivity contribution in [2.24, 2.45) is 0 Å². The van der Waals surface area contributed by atoms with Crippen molar-refractivity contribution in [1.29, 1.82) is 0 Å². The van der Waals surface area contributed by atoms with Crippen molar-refractivity contribution < 1.29 is 9.90 Å². The lowest BCUT2D eigenvalue weighted by Gasteiger charge is -2.05. The van der Waals surface area contributed by atoms with Crippen molar-refractivity contribution in [1.82, 2.24) is 9.78 Å². The zero-order chi connectivity index (χ0) is 14.0. The minimum atomic E-state index is -1.08. The Morgan fingerprint density at radius 2 is 2.16 bits per heavy atom. The fourth-order valence-electron chi connectivity index (χ4n) is 1.57. The van der Waals surface area contributed by atoms with Gasteiger partial charge >= 0.3 is 0 Å². The predicted octanol–water partition coefficient (Wildman–Crippen LogP) is 2.15. The van der Waals surface area contributed by atoms with Crippen LogP contribution in [0.15, 0.2) is 30.5 Å². The number of nitrogens with zero attached hydrogens (tertiary/aromatic N) is 2. The molecule has 100 valence electrons. The monoisotopic (exact) mass is 279 g/mol. The largest absolute Gasteiger partial charge is 0.384 e. The van der Waals surface area contributed by atoms with Gasteiger partial charge in [0.05, 0.1) is 10.7 Å². The minimum absolute atomic E-state index is 0.408. The molecule has 2 N–H and O–H groups in total. The van der Waals surface area contributed by atoms with Crippen LogP contribution in [-0.2, 0) is 4.79 Å². The lowest BCUT2D eigenvalue weighted by atomic mass is 10.3. The number of hydrogen-bond donors (Lipinski definition) is 2. The van der Waals surface area contributed by atoms with Crippen molar-refractivity contribution in [3.05, 3.63) is 41.0 Å². The lowest BCUT2D eigenvalue weighted by Crippen LogP contribution is -2.25. The number of aliphatic hydroxyl groups excluding tert-OH is 1. The van der Waals surface area contributed by atoms with E-state index in [-0.39, 0.29) is 0 Å². The molecule has 1 unspecified atom stereocenters. The first-order valence-corrected chi connectivity index (χ1v) is 6.17. The van der Waals surface area contributed by atoms with Crippen LogP contribution < -0.4 is 5.32 Å². The van der Waals surface area contributed by atoms with Crippen LogP contribution in [-0.4, -0.2) is 26.9 Å². The standard InChI is InChI=1S/C13H14ClN3O2/c1-8-7-17(11-6-4-3-5-10(11)14)16-12(8)15-13(19)9(2)18/h3-7,9,18H,1-2H3,(H,15,16,19). The molecule has 1 heterocycles. The maximum atomic E-state index is 11.4. The Kier molecular flexibility index (Phi) is 3.87. The van der Waals surface area contributed by atoms with E-state index in [0.717, 1.165) is 11.3 Å². The van der Waals surface area contributed by atoms with E-state index in [2.05, 4.69) is 10.4 Å². The third-order valence-electron chi connectivity index (χ3n) is 2.62. The second-order valence-corrected chi connectivity index (χ2v) is 4.63. The Hall–Kier alpha value is -1.85. The summed E-state index contributed by atoms with van der Waals surface area (Å²) >= 11 is 6.09. The Bertz CT molecular complexity index is 608. The predicted molar refractivity (Wildman–Crippen MR) is 73.6 cm³/mol. The maximum Gasteiger partial charge on any atom is 0.254 e. The molecule has 0 aliphatic heterocycles. The van der Waals surface area contributed by atoms with Crippen LogP contribution in [0.25, 0.3) is 5.69 Å². The Labute approximate surface area is 115 Å². The summed E-state index contributed by atoms with van der Waals surface area (Å²) in [6.07, 6.45) is 0.684. The quantitative estimate of drug-likeness (QED) is 0.905. The van der Waals surface area contributed by atoms with Gasteiger partial charge in [0.25, 0.3) is 5.91 Å². The first-order valence-electron chi connectivity index (χ1n) is 5.79. The van der Waals surface area contributed by atoms with Crippen molar-refractivity contribution >= 4 is 23.3 Å². The summed E-state index contributed by atoms with van der Waals surface area (Å²) in [6, 6.07) is 7.28. The highest BCUT2D eigenvalue weighted by atomic mass is 35.5. The number of anilines is 1. The third kappa shape index (κ3) is 2.94. The summed E-state index contributed by atoms with van der Waals surface area (Å²) in [5.74, 6) is -0.0849. The van der Waals surface area contributed by atoms with Gasteiger partial charge in [0.15, 0.2) is 5.82 Å². The van der Waals surface area contributed by atoms with Crippen LogP contribution in [0.2, 0.25) is 5.02 Å². The number of nitrogens with one attached hydrogen (secondary N) is 1. The molecule has 0 bridgehead atoms. The molecule has 0 spiro atoms. The van der Waals surface area contributed by atoms with Crippen molar-refractivity contribution in [2.75, 3.05) is 5.32 Å². The SMILES string of the molecule is Cc1cn(-c2ccccc2Cl)nc1NC(=O)C(C)O. The molecule has 1 aromatic heterocycles. The molecular weight excluding hydrogens is 266 g/mol. The van der Waals surface area contributed by atoms with Gasteiger partial charge in [0, 0.05) is 11.8 Å². The Morgan fingerprint density at radius 3 is 2.79 bits per heavy atom. The zero-order valence-electron chi connectivity index (χ0n) is 10.6. The van der Waals surface area contributed by atoms with Crippen molar-refractivity contribution in [2.45, 2.75) is 20.0 Å². The molecule has 19 heavy (non-hydrogen) atoms. The molecule has 1 aromatic carbocycles. The molecule has 0 saturated heterocycles. The number of aliphatic hydroxyl groups is 1. The van der Waals surface area contributed by atoms with Gasteiger partial charge in [-0.3, -0.25) is 4.79 Å². The van der Waals surface area contributed by atoms with Crippen LogP contribution in [0.5, 0.6) is 0 Å². The van der Waals surface area contributed by atoms with Gasteiger partial charge in [-0.15, -0.1) is 5.10 Å². The average Bonchev–Trinajstić information content (AvgIpc) is 2.71. The first-order chi connectivity index (χ1) is 8.99. The summed E-state index contributed by atoms with van der Waals surface area (Å²) < 4.78 is 1.59. The van der Waals surface area contributed by atoms with E-state index in [9.17, 15) is 9.90 Å². The number of aryl methyl sites for hydroxylation is 1. The number of benzene rings is 1. The van der Waals surface area contributed by atoms with E-state index in [1.165, 1.54) is 6.92 Å². The number of carbonyl (C=O) groups excluding carboxylic acids is 1. The number of halogens is 1. The fourth-order valence-corrected chi connectivity index (χ4v) is 1.79. The summed E-state index contributed by atoms with van der Waals surface area (Å²) in [5.41, 5.74) is 1.51. The number of amides is 1. The molecule has 0 aliphatic rings. The Morgan fingerprint density at radius 1 is 1.47 bits per heavy atom. The molecular formula is C13H14ClN3O2. The molecule has 0 saturated carbocycles. The molecule has 1 amide bonds. The fraction of sp³-hybridized carbons (Fsp3) is 0.231. The second-order valence-electron chi connectivity index (χ2n) is 4.22. The highest BCUT2D eigenvalue weighted by molar-refractivity contribution is 6.32. The molecule has 1 atom stereocenters. The van der Waals surface area contributed by atoms with Crippen LogP contribution in [0, 0.1) is 6.92 Å². The van der Waals surface area contributed by atoms with E-state index in [1.54, 1.807) is 16.9 Å². The summed E-state index contributed by atoms with van der Waals surface area (Å²) in [6.45, 7) is 3.22. The number of carbonyl (C=O) groups is 1. The molecule has 0 fully saturated rings. The van der Waals surface area contributed by atoms with E-state index in [0.29, 0.717) is 10.8 Å². The van der Waals surface area contributed by atoms with E-state index in [1.807, 2.05) is 25.1 Å². The smallest absolute Gasteiger partial charge is 0.254 e. The van der Waals surface area contributed by atoms with E-state index >= 15 is 0 Å². The van der Waals surface area contributed by atoms with Gasteiger partial charge < -0.3 is 10.4 Å². The van der Waals surface area contributed by atoms with Gasteiger partial charge in [-0.25, -0.2) is 4.68 Å². The number of aromatic nitrogens is 2. The molecule has 2 aromatic rings. The number of hydrogen-bond acceptors (Lipinski definition) is 3. The minimum Gasteiger partial charge on any atom is -0.384 e. The topological polar surface area (TPSA) is 67.2 Å². The highest BCUT2D eigenvalue weighted by Crippen LogP contribution is 2.22. The van der Waals surface area contributed by atoms with Crippen LogP contribution in [0.4, 0.5) is 5.82 Å². The van der Waals surface area contributed by atoms with Gasteiger partial charge in [-0.1, -0.05) is 23.7 Å². The zero-order valence-corrected chi connectivity index (χ0v) is 11.3. The molecule has 0 aliphatic carbocycles. The normalized spacial score (nSPS) is 12.2. The molecule has 2 rings (SSSR count). The summed E-state index contributed by atoms with van der Waals surface area (Å²) in [4.78, 5) is 11.4. The van der Waals surface area contributed by atoms with Crippen molar-refractivity contribution in [3.63, 3.8) is 0 Å². The third-order valence-corrected chi connectivity index (χ3v) is 2.94. The van der Waals surface area contributed by atoms with E-state index < -0.39 is 12.0 Å². The molecule has 6 heteroatoms. The van der Waals surface area contributed by atoms with Gasteiger partial charge in [-0.05, 0) is 26.0 Å². The lowest BCUT2D eigenvalue weighted by molar-refractivity contribution is -0.123. The maximum absolute atomic E-state index is 11.4.